The first-order valence-corrected chi connectivity index (χ1v) is 20.2. The topological polar surface area (TPSA) is 207 Å². The Kier molecular flexibility index (Phi) is 16.7. The van der Waals surface area contributed by atoms with E-state index in [0.717, 1.165) is 5.56 Å². The van der Waals surface area contributed by atoms with E-state index in [1.54, 1.807) is 37.3 Å². The first-order valence-electron chi connectivity index (χ1n) is 19.0. The van der Waals surface area contributed by atoms with Crippen molar-refractivity contribution in [3.8, 4) is 11.8 Å². The van der Waals surface area contributed by atoms with E-state index in [0.29, 0.717) is 11.3 Å². The van der Waals surface area contributed by atoms with Gasteiger partial charge in [0.1, 0.15) is 36.6 Å². The normalized spacial score (nSPS) is 17.8. The summed E-state index contributed by atoms with van der Waals surface area (Å²) >= 11 is 0. The average Bonchev–Trinajstić information content (AvgIpc) is 3.56. The van der Waals surface area contributed by atoms with Crippen molar-refractivity contribution in [1.82, 2.24) is 14.2 Å². The number of carbonyl (C=O) groups excluding carboxylic acids is 2. The van der Waals surface area contributed by atoms with Crippen molar-refractivity contribution in [3.05, 3.63) is 92.5 Å². The zero-order valence-electron chi connectivity index (χ0n) is 34.2. The number of hydrogen-bond donors (Lipinski definition) is 1. The smallest absolute Gasteiger partial charge is 0.484 e. The number of benzene rings is 2. The van der Waals surface area contributed by atoms with Crippen molar-refractivity contribution in [3.63, 3.8) is 0 Å². The summed E-state index contributed by atoms with van der Waals surface area (Å²) in [6, 6.07) is 17.2. The van der Waals surface area contributed by atoms with Crippen LogP contribution in [0.4, 0.5) is 16.3 Å². The molecule has 4 rings (SSSR count). The molecule has 1 aliphatic rings. The van der Waals surface area contributed by atoms with Gasteiger partial charge >= 0.3 is 11.8 Å². The largest absolute Gasteiger partial charge is 0.508 e. The summed E-state index contributed by atoms with van der Waals surface area (Å²) in [5, 5.41) is 23.2. The number of nitro groups is 1. The van der Waals surface area contributed by atoms with Crippen LogP contribution < -0.4 is 15.7 Å². The van der Waals surface area contributed by atoms with Crippen molar-refractivity contribution >= 4 is 32.1 Å². The van der Waals surface area contributed by atoms with E-state index in [2.05, 4.69) is 37.1 Å². The van der Waals surface area contributed by atoms with Gasteiger partial charge in [-0.1, -0.05) is 58.0 Å². The van der Waals surface area contributed by atoms with E-state index in [-0.39, 0.29) is 68.3 Å². The summed E-state index contributed by atoms with van der Waals surface area (Å²) in [4.78, 5) is 54.1. The molecule has 1 aromatic heterocycles. The van der Waals surface area contributed by atoms with Gasteiger partial charge in [-0.3, -0.25) is 19.5 Å². The standard InChI is InChI=1S/C40H53N6O11P/c1-26(2)45(27(3)4)58(54-21-11-19-41)55-24-34-33(57-39(49)53-23-28(5)31-12-9-10-13-32(31)46(50)51)22-37(56-34)44-20-18-35(43-38(44)48)42-36(47)25-52-30-16-14-29(15-17-30)40(6,7)8/h9-10,12-18,20,26-28,33-34,37H,11,21-25H2,1-8H3,(H,42,43,47,48)/t28?,33-,34+,37+,58?/m0/s1. The van der Waals surface area contributed by atoms with E-state index in [1.807, 2.05) is 44.5 Å². The maximum atomic E-state index is 13.3. The molecule has 1 saturated heterocycles. The summed E-state index contributed by atoms with van der Waals surface area (Å²) in [5.74, 6) is -0.528. The van der Waals surface area contributed by atoms with Crippen LogP contribution >= 0.6 is 8.53 Å². The van der Waals surface area contributed by atoms with Crippen molar-refractivity contribution < 1.29 is 42.5 Å². The number of nitro benzene ring substituents is 1. The van der Waals surface area contributed by atoms with Gasteiger partial charge in [-0.15, -0.1) is 0 Å². The Morgan fingerprint density at radius 3 is 2.40 bits per heavy atom. The molecular formula is C40H53N6O11P. The molecule has 0 saturated carbocycles. The number of anilines is 1. The number of carbonyl (C=O) groups is 2. The third kappa shape index (κ3) is 13.0. The predicted molar refractivity (Wildman–Crippen MR) is 215 cm³/mol. The lowest BCUT2D eigenvalue weighted by Crippen LogP contribution is -2.36. The molecule has 58 heavy (non-hydrogen) atoms. The van der Waals surface area contributed by atoms with Crippen LogP contribution in [-0.4, -0.2) is 81.9 Å². The molecule has 1 fully saturated rings. The van der Waals surface area contributed by atoms with Gasteiger partial charge in [-0.25, -0.2) is 14.3 Å². The fourth-order valence-electron chi connectivity index (χ4n) is 6.19. The highest BCUT2D eigenvalue weighted by atomic mass is 31.2. The van der Waals surface area contributed by atoms with Crippen LogP contribution in [0, 0.1) is 21.4 Å². The third-order valence-corrected chi connectivity index (χ3v) is 11.1. The lowest BCUT2D eigenvalue weighted by Gasteiger charge is -2.36. The van der Waals surface area contributed by atoms with Crippen LogP contribution in [0.2, 0.25) is 0 Å². The van der Waals surface area contributed by atoms with Crippen LogP contribution in [0.25, 0.3) is 0 Å². The molecule has 1 amide bonds. The van der Waals surface area contributed by atoms with Crippen LogP contribution in [0.1, 0.15) is 91.5 Å². The number of nitrogens with zero attached hydrogens (tertiary/aromatic N) is 5. The molecule has 314 valence electrons. The minimum Gasteiger partial charge on any atom is -0.484 e. The number of rotatable bonds is 19. The molecule has 0 bridgehead atoms. The molecule has 2 unspecified atom stereocenters. The first-order chi connectivity index (χ1) is 27.5. The fraction of sp³-hybridized carbons (Fsp3) is 0.525. The van der Waals surface area contributed by atoms with Crippen LogP contribution in [-0.2, 0) is 33.5 Å². The molecule has 1 aliphatic heterocycles. The first kappa shape index (κ1) is 45.7. The Labute approximate surface area is 339 Å². The minimum absolute atomic E-state index is 0.00239. The molecule has 2 aromatic carbocycles. The highest BCUT2D eigenvalue weighted by Gasteiger charge is 2.41. The van der Waals surface area contributed by atoms with Gasteiger partial charge in [-0.2, -0.15) is 10.2 Å². The van der Waals surface area contributed by atoms with Gasteiger partial charge in [0, 0.05) is 42.2 Å². The highest BCUT2D eigenvalue weighted by molar-refractivity contribution is 7.44. The van der Waals surface area contributed by atoms with E-state index in [4.69, 9.17) is 33.3 Å². The Hall–Kier alpha value is -4.98. The van der Waals surface area contributed by atoms with Crippen LogP contribution in [0.5, 0.6) is 5.75 Å². The third-order valence-electron chi connectivity index (χ3n) is 9.05. The maximum absolute atomic E-state index is 13.3. The van der Waals surface area contributed by atoms with Gasteiger partial charge in [0.25, 0.3) is 20.1 Å². The summed E-state index contributed by atoms with van der Waals surface area (Å²) in [6.07, 6.45) is -2.31. The lowest BCUT2D eigenvalue weighted by molar-refractivity contribution is -0.385. The van der Waals surface area contributed by atoms with Crippen LogP contribution in [0.3, 0.4) is 0 Å². The van der Waals surface area contributed by atoms with Gasteiger partial charge in [-0.05, 0) is 56.9 Å². The second kappa shape index (κ2) is 21.1. The molecule has 17 nitrogen and oxygen atoms in total. The van der Waals surface area contributed by atoms with E-state index in [9.17, 15) is 24.5 Å². The van der Waals surface area contributed by atoms with Gasteiger partial charge < -0.3 is 33.3 Å². The summed E-state index contributed by atoms with van der Waals surface area (Å²) in [6.45, 7) is 15.5. The molecule has 3 aromatic rings. The second-order valence-electron chi connectivity index (χ2n) is 15.3. The van der Waals surface area contributed by atoms with E-state index >= 15 is 0 Å². The van der Waals surface area contributed by atoms with E-state index < -0.39 is 55.6 Å². The number of ether oxygens (including phenoxy) is 4. The molecule has 0 spiro atoms. The number of nitrogens with one attached hydrogen (secondary N) is 1. The zero-order chi connectivity index (χ0) is 42.6. The molecular weight excluding hydrogens is 771 g/mol. The number of para-hydroxylation sites is 1. The number of nitriles is 1. The Morgan fingerprint density at radius 1 is 1.09 bits per heavy atom. The maximum Gasteiger partial charge on any atom is 0.508 e. The van der Waals surface area contributed by atoms with Crippen LogP contribution in [0.15, 0.2) is 65.6 Å². The predicted octanol–water partition coefficient (Wildman–Crippen LogP) is 7.37. The quantitative estimate of drug-likeness (QED) is 0.0412. The SMILES string of the molecule is CC(COC(=O)O[C@H]1C[C@H](n2ccc(NC(=O)COc3ccc(C(C)(C)C)cc3)nc2=O)O[C@@H]1COP(OCCC#N)N(C(C)C)C(C)C)c1ccccc1[N+](=O)[O-]. The van der Waals surface area contributed by atoms with E-state index in [1.165, 1.54) is 22.9 Å². The molecule has 2 heterocycles. The Morgan fingerprint density at radius 2 is 1.78 bits per heavy atom. The fourth-order valence-corrected chi connectivity index (χ4v) is 7.80. The van der Waals surface area contributed by atoms with Crippen molar-refractivity contribution in [1.29, 1.82) is 5.26 Å². The number of amides is 1. The average molecular weight is 825 g/mol. The molecule has 18 heteroatoms. The molecule has 1 N–H and O–H groups in total. The summed E-state index contributed by atoms with van der Waals surface area (Å²) in [7, 11) is -1.69. The highest BCUT2D eigenvalue weighted by Crippen LogP contribution is 2.47. The second-order valence-corrected chi connectivity index (χ2v) is 16.7. The van der Waals surface area contributed by atoms with Gasteiger partial charge in [0.2, 0.25) is 0 Å². The summed E-state index contributed by atoms with van der Waals surface area (Å²) in [5.41, 5.74) is 0.647. The molecule has 5 atom stereocenters. The van der Waals surface area contributed by atoms with Crippen molar-refractivity contribution in [2.75, 3.05) is 31.7 Å². The number of hydrogen-bond acceptors (Lipinski definition) is 14. The number of aromatic nitrogens is 2. The summed E-state index contributed by atoms with van der Waals surface area (Å²) < 4.78 is 38.6. The van der Waals surface area contributed by atoms with Gasteiger partial charge in [0.15, 0.2) is 6.61 Å². The molecule has 0 aliphatic carbocycles. The Balaban J connectivity index is 1.46. The van der Waals surface area contributed by atoms with Gasteiger partial charge in [0.05, 0.1) is 30.6 Å². The zero-order valence-corrected chi connectivity index (χ0v) is 35.0. The molecule has 0 radical (unpaired) electrons. The Bertz CT molecular complexity index is 1940. The van der Waals surface area contributed by atoms with Crippen molar-refractivity contribution in [2.24, 2.45) is 0 Å². The lowest BCUT2D eigenvalue weighted by atomic mass is 9.87. The monoisotopic (exact) mass is 824 g/mol. The minimum atomic E-state index is -1.69. The van der Waals surface area contributed by atoms with Crippen molar-refractivity contribution in [2.45, 2.75) is 110 Å².